The summed E-state index contributed by atoms with van der Waals surface area (Å²) >= 11 is 0. The van der Waals surface area contributed by atoms with E-state index >= 15 is 0 Å². The van der Waals surface area contributed by atoms with Crippen molar-refractivity contribution in [1.82, 2.24) is 19.7 Å². The number of aryl methyl sites for hydroxylation is 1. The molecule has 2 aromatic carbocycles. The molecule has 0 saturated heterocycles. The summed E-state index contributed by atoms with van der Waals surface area (Å²) < 4.78 is 18.5. The molecule has 3 aromatic heterocycles. The number of carbonyl (C=O) groups excluding carboxylic acids is 1. The van der Waals surface area contributed by atoms with Crippen LogP contribution in [0.1, 0.15) is 41.5 Å². The van der Waals surface area contributed by atoms with Gasteiger partial charge in [-0.25, -0.2) is 0 Å². The maximum atomic E-state index is 13.4. The predicted octanol–water partition coefficient (Wildman–Crippen LogP) is 5.98. The van der Waals surface area contributed by atoms with Crippen LogP contribution in [0.4, 0.5) is 0 Å². The first kappa shape index (κ1) is 27.5. The fourth-order valence-corrected chi connectivity index (χ4v) is 4.37. The lowest BCUT2D eigenvalue weighted by Gasteiger charge is -2.14. The van der Waals surface area contributed by atoms with E-state index in [1.165, 1.54) is 6.20 Å². The minimum absolute atomic E-state index is 0.0359. The highest BCUT2D eigenvalue weighted by Crippen LogP contribution is 2.36. The van der Waals surface area contributed by atoms with Crippen LogP contribution >= 0.6 is 0 Å². The lowest BCUT2D eigenvalue weighted by molar-refractivity contribution is 0.0989. The molecule has 5 aromatic rings. The van der Waals surface area contributed by atoms with Crippen LogP contribution in [0.3, 0.4) is 0 Å². The fraction of sp³-hybridized carbons (Fsp3) is 0.219. The molecule has 0 N–H and O–H groups in total. The van der Waals surface area contributed by atoms with Crippen LogP contribution in [-0.4, -0.2) is 39.8 Å². The Hall–Kier alpha value is -5.05. The molecule has 0 aliphatic carbocycles. The van der Waals surface area contributed by atoms with E-state index in [-0.39, 0.29) is 29.5 Å². The molecule has 0 amide bonds. The first-order chi connectivity index (χ1) is 19.8. The third-order valence-electron chi connectivity index (χ3n) is 6.66. The second-order valence-corrected chi connectivity index (χ2v) is 9.88. The molecule has 9 heteroatoms. The van der Waals surface area contributed by atoms with Crippen molar-refractivity contribution >= 4 is 16.7 Å². The van der Waals surface area contributed by atoms with Crippen molar-refractivity contribution in [3.05, 3.63) is 100 Å². The number of hydrogen-bond acceptors (Lipinski definition) is 8. The highest BCUT2D eigenvalue weighted by molar-refractivity contribution is 5.97. The Kier molecular flexibility index (Phi) is 7.78. The van der Waals surface area contributed by atoms with E-state index in [2.05, 4.69) is 15.1 Å². The summed E-state index contributed by atoms with van der Waals surface area (Å²) in [5.74, 6) is 1.85. The maximum Gasteiger partial charge on any atom is 0.218 e. The average Bonchev–Trinajstić information content (AvgIpc) is 2.98. The van der Waals surface area contributed by atoms with E-state index in [1.807, 2.05) is 45.0 Å². The van der Waals surface area contributed by atoms with Gasteiger partial charge in [-0.3, -0.25) is 24.2 Å². The van der Waals surface area contributed by atoms with Gasteiger partial charge in [0, 0.05) is 41.1 Å². The third-order valence-corrected chi connectivity index (χ3v) is 6.66. The monoisotopic (exact) mass is 550 g/mol. The number of aromatic nitrogens is 4. The Balaban J connectivity index is 1.39. The van der Waals surface area contributed by atoms with E-state index in [9.17, 15) is 9.59 Å². The summed E-state index contributed by atoms with van der Waals surface area (Å²) in [5, 5.41) is 5.26. The van der Waals surface area contributed by atoms with E-state index in [0.29, 0.717) is 39.8 Å². The van der Waals surface area contributed by atoms with E-state index in [0.717, 1.165) is 10.9 Å². The Morgan fingerprint density at radius 1 is 0.927 bits per heavy atom. The number of pyridine rings is 2. The number of rotatable bonds is 9. The number of carbonyl (C=O) groups is 1. The lowest BCUT2D eigenvalue weighted by Crippen LogP contribution is -2.24. The Morgan fingerprint density at radius 2 is 1.66 bits per heavy atom. The Labute approximate surface area is 237 Å². The van der Waals surface area contributed by atoms with Gasteiger partial charge < -0.3 is 14.2 Å². The quantitative estimate of drug-likeness (QED) is 0.207. The molecule has 0 saturated carbocycles. The molecule has 3 heterocycles. The fourth-order valence-electron chi connectivity index (χ4n) is 4.37. The van der Waals surface area contributed by atoms with Crippen molar-refractivity contribution in [2.24, 2.45) is 0 Å². The maximum absolute atomic E-state index is 13.4. The SMILES string of the molecule is COc1cc2nccc(Oc3ccc(CC(=O)c4cn(C(C)C)nc(-c5ccc(C)cc5)c4=O)nc3)c2cc1OC. The molecule has 9 nitrogen and oxygen atoms in total. The van der Waals surface area contributed by atoms with Gasteiger partial charge >= 0.3 is 0 Å². The molecule has 0 radical (unpaired) electrons. The zero-order chi connectivity index (χ0) is 29.1. The zero-order valence-corrected chi connectivity index (χ0v) is 23.5. The smallest absolute Gasteiger partial charge is 0.218 e. The summed E-state index contributed by atoms with van der Waals surface area (Å²) in [7, 11) is 3.14. The molecule has 0 unspecified atom stereocenters. The van der Waals surface area contributed by atoms with Crippen LogP contribution in [0.25, 0.3) is 22.2 Å². The standard InChI is InChI=1S/C32H30N4O5/c1-19(2)36-18-25(32(38)31(35-36)21-8-6-20(3)7-9-21)27(37)14-22-10-11-23(17-34-22)41-28-12-13-33-26-16-30(40-5)29(39-4)15-24(26)28/h6-13,15-19H,14H2,1-5H3. The van der Waals surface area contributed by atoms with Gasteiger partial charge in [0.2, 0.25) is 5.43 Å². The topological polar surface area (TPSA) is 105 Å². The first-order valence-corrected chi connectivity index (χ1v) is 13.1. The van der Waals surface area contributed by atoms with Gasteiger partial charge in [0.05, 0.1) is 37.9 Å². The van der Waals surface area contributed by atoms with E-state index in [4.69, 9.17) is 14.2 Å². The summed E-state index contributed by atoms with van der Waals surface area (Å²) in [6.07, 6.45) is 4.68. The first-order valence-electron chi connectivity index (χ1n) is 13.1. The number of Topliss-reactive ketones (excluding diaryl/α,β-unsaturated/α-hetero) is 1. The van der Waals surface area contributed by atoms with Crippen molar-refractivity contribution < 1.29 is 19.0 Å². The largest absolute Gasteiger partial charge is 0.493 e. The van der Waals surface area contributed by atoms with Gasteiger partial charge in [0.25, 0.3) is 0 Å². The predicted molar refractivity (Wildman–Crippen MR) is 156 cm³/mol. The number of ketones is 1. The van der Waals surface area contributed by atoms with Gasteiger partial charge in [-0.1, -0.05) is 29.8 Å². The van der Waals surface area contributed by atoms with Crippen LogP contribution in [0.5, 0.6) is 23.0 Å². The van der Waals surface area contributed by atoms with Crippen LogP contribution in [0, 0.1) is 6.92 Å². The molecule has 5 rings (SSSR count). The van der Waals surface area contributed by atoms with Gasteiger partial charge in [-0.2, -0.15) is 5.10 Å². The van der Waals surface area contributed by atoms with Gasteiger partial charge in [-0.15, -0.1) is 0 Å². The van der Waals surface area contributed by atoms with Gasteiger partial charge in [0.15, 0.2) is 17.3 Å². The van der Waals surface area contributed by atoms with Crippen molar-refractivity contribution in [2.75, 3.05) is 14.2 Å². The number of fused-ring (bicyclic) bond motifs is 1. The van der Waals surface area contributed by atoms with Crippen molar-refractivity contribution in [3.8, 4) is 34.3 Å². The van der Waals surface area contributed by atoms with Crippen molar-refractivity contribution in [2.45, 2.75) is 33.2 Å². The van der Waals surface area contributed by atoms with E-state index < -0.39 is 5.43 Å². The zero-order valence-electron chi connectivity index (χ0n) is 23.5. The van der Waals surface area contributed by atoms with Crippen LogP contribution in [0.15, 0.2) is 78.0 Å². The van der Waals surface area contributed by atoms with Crippen molar-refractivity contribution in [3.63, 3.8) is 0 Å². The minimum atomic E-state index is -0.396. The second-order valence-electron chi connectivity index (χ2n) is 9.88. The van der Waals surface area contributed by atoms with Gasteiger partial charge in [-0.05, 0) is 45.0 Å². The molecular formula is C32H30N4O5. The molecular weight excluding hydrogens is 520 g/mol. The molecule has 41 heavy (non-hydrogen) atoms. The van der Waals surface area contributed by atoms with Crippen LogP contribution < -0.4 is 19.6 Å². The number of hydrogen-bond donors (Lipinski definition) is 0. The molecule has 0 aliphatic rings. The summed E-state index contributed by atoms with van der Waals surface area (Å²) in [6.45, 7) is 5.87. The second kappa shape index (κ2) is 11.6. The Morgan fingerprint density at radius 3 is 2.32 bits per heavy atom. The molecule has 208 valence electrons. The van der Waals surface area contributed by atoms with E-state index in [1.54, 1.807) is 61.6 Å². The van der Waals surface area contributed by atoms with Gasteiger partial charge in [0.1, 0.15) is 17.2 Å². The number of benzene rings is 2. The highest BCUT2D eigenvalue weighted by Gasteiger charge is 2.19. The van der Waals surface area contributed by atoms with Crippen molar-refractivity contribution in [1.29, 1.82) is 0 Å². The molecule has 0 aliphatic heterocycles. The highest BCUT2D eigenvalue weighted by atomic mass is 16.5. The summed E-state index contributed by atoms with van der Waals surface area (Å²) in [5.41, 5.74) is 2.87. The van der Waals surface area contributed by atoms with Crippen LogP contribution in [0.2, 0.25) is 0 Å². The minimum Gasteiger partial charge on any atom is -0.493 e. The Bertz CT molecular complexity index is 1780. The number of ether oxygens (including phenoxy) is 3. The normalized spacial score (nSPS) is 11.1. The molecule has 0 bridgehead atoms. The number of nitrogens with zero attached hydrogens (tertiary/aromatic N) is 4. The molecule has 0 atom stereocenters. The number of methoxy groups -OCH3 is 2. The third kappa shape index (κ3) is 5.79. The average molecular weight is 551 g/mol. The summed E-state index contributed by atoms with van der Waals surface area (Å²) in [4.78, 5) is 35.5. The summed E-state index contributed by atoms with van der Waals surface area (Å²) in [6, 6.07) is 16.3. The lowest BCUT2D eigenvalue weighted by atomic mass is 10.0. The molecule has 0 spiro atoms. The molecule has 0 fully saturated rings. The van der Waals surface area contributed by atoms with Crippen LogP contribution in [-0.2, 0) is 6.42 Å².